The summed E-state index contributed by atoms with van der Waals surface area (Å²) in [7, 11) is 1.55. The minimum absolute atomic E-state index is 0.0791. The number of rotatable bonds is 6. The molecule has 0 unspecified atom stereocenters. The lowest BCUT2D eigenvalue weighted by Crippen LogP contribution is -2.41. The highest BCUT2D eigenvalue weighted by Gasteiger charge is 2.28. The summed E-state index contributed by atoms with van der Waals surface area (Å²) < 4.78 is 10.2. The molecule has 0 bridgehead atoms. The zero-order valence-corrected chi connectivity index (χ0v) is 18.2. The molecule has 8 heteroatoms. The number of carbonyl (C=O) groups is 3. The van der Waals surface area contributed by atoms with Gasteiger partial charge in [-0.2, -0.15) is 0 Å². The fourth-order valence-electron chi connectivity index (χ4n) is 3.81. The van der Waals surface area contributed by atoms with E-state index in [4.69, 9.17) is 9.15 Å². The largest absolute Gasteiger partial charge is 0.495 e. The number of nitrogens with one attached hydrogen (secondary N) is 2. The molecule has 8 nitrogen and oxygen atoms in total. The van der Waals surface area contributed by atoms with Crippen molar-refractivity contribution in [3.63, 3.8) is 0 Å². The Hall–Kier alpha value is -4.07. The minimum atomic E-state index is -0.271. The summed E-state index contributed by atoms with van der Waals surface area (Å²) >= 11 is 0. The topological polar surface area (TPSA) is 101 Å². The van der Waals surface area contributed by atoms with Gasteiger partial charge in [0, 0.05) is 30.3 Å². The van der Waals surface area contributed by atoms with Gasteiger partial charge in [-0.25, -0.2) is 0 Å². The lowest BCUT2D eigenvalue weighted by Gasteiger charge is -2.31. The Balaban J connectivity index is 1.29. The number of methoxy groups -OCH3 is 1. The molecule has 1 aliphatic heterocycles. The van der Waals surface area contributed by atoms with E-state index < -0.39 is 0 Å². The summed E-state index contributed by atoms with van der Waals surface area (Å²) in [6, 6.07) is 15.5. The summed E-state index contributed by atoms with van der Waals surface area (Å²) in [5.74, 6) is -0.0348. The average molecular weight is 447 g/mol. The van der Waals surface area contributed by atoms with E-state index in [0.29, 0.717) is 54.2 Å². The molecule has 170 valence electrons. The summed E-state index contributed by atoms with van der Waals surface area (Å²) in [6.45, 7) is 1.04. The van der Waals surface area contributed by atoms with Crippen LogP contribution in [0.3, 0.4) is 0 Å². The van der Waals surface area contributed by atoms with Crippen molar-refractivity contribution in [1.82, 2.24) is 4.90 Å². The third kappa shape index (κ3) is 5.23. The molecule has 1 aromatic heterocycles. The normalized spacial score (nSPS) is 13.9. The molecule has 1 saturated heterocycles. The Morgan fingerprint density at radius 3 is 2.33 bits per heavy atom. The van der Waals surface area contributed by atoms with Gasteiger partial charge in [-0.05, 0) is 55.3 Å². The van der Waals surface area contributed by atoms with Crippen LogP contribution < -0.4 is 15.4 Å². The predicted molar refractivity (Wildman–Crippen MR) is 123 cm³/mol. The monoisotopic (exact) mass is 447 g/mol. The first-order valence-electron chi connectivity index (χ1n) is 10.7. The third-order valence-electron chi connectivity index (χ3n) is 5.69. The molecule has 4 rings (SSSR count). The van der Waals surface area contributed by atoms with Gasteiger partial charge in [-0.3, -0.25) is 14.4 Å². The number of nitrogens with zero attached hydrogens (tertiary/aromatic N) is 1. The fraction of sp³-hybridized carbons (Fsp3) is 0.240. The summed E-state index contributed by atoms with van der Waals surface area (Å²) in [4.78, 5) is 39.4. The molecule has 0 saturated carbocycles. The van der Waals surface area contributed by atoms with E-state index >= 15 is 0 Å². The minimum Gasteiger partial charge on any atom is -0.495 e. The van der Waals surface area contributed by atoms with Crippen LogP contribution in [0.2, 0.25) is 0 Å². The molecule has 3 aromatic rings. The number of likely N-dealkylation sites (tertiary alicyclic amines) is 1. The smallest absolute Gasteiger partial charge is 0.257 e. The van der Waals surface area contributed by atoms with Crippen LogP contribution in [0.25, 0.3) is 0 Å². The first-order valence-corrected chi connectivity index (χ1v) is 10.7. The Labute approximate surface area is 191 Å². The van der Waals surface area contributed by atoms with Crippen molar-refractivity contribution in [3.8, 4) is 5.75 Å². The Morgan fingerprint density at radius 2 is 1.67 bits per heavy atom. The molecule has 1 aliphatic rings. The fourth-order valence-corrected chi connectivity index (χ4v) is 3.81. The number of benzene rings is 2. The van der Waals surface area contributed by atoms with Crippen LogP contribution >= 0.6 is 0 Å². The molecule has 0 radical (unpaired) electrons. The zero-order valence-electron chi connectivity index (χ0n) is 18.2. The molecule has 0 spiro atoms. The third-order valence-corrected chi connectivity index (χ3v) is 5.69. The summed E-state index contributed by atoms with van der Waals surface area (Å²) in [5, 5.41) is 5.73. The van der Waals surface area contributed by atoms with Crippen molar-refractivity contribution in [2.75, 3.05) is 30.8 Å². The second-order valence-electron chi connectivity index (χ2n) is 7.80. The van der Waals surface area contributed by atoms with Crippen molar-refractivity contribution < 1.29 is 23.5 Å². The SMILES string of the molecule is COc1ccccc1NC(=O)c1ccc(NC(=O)C2CCN(C(=O)c3ccoc3)CC2)cc1. The van der Waals surface area contributed by atoms with Gasteiger partial charge in [0.25, 0.3) is 11.8 Å². The van der Waals surface area contributed by atoms with Gasteiger partial charge >= 0.3 is 0 Å². The summed E-state index contributed by atoms with van der Waals surface area (Å²) in [6.07, 6.45) is 4.09. The number of carbonyl (C=O) groups excluding carboxylic acids is 3. The lowest BCUT2D eigenvalue weighted by atomic mass is 9.95. The molecular weight excluding hydrogens is 422 g/mol. The maximum Gasteiger partial charge on any atom is 0.257 e. The van der Waals surface area contributed by atoms with Gasteiger partial charge in [-0.1, -0.05) is 12.1 Å². The predicted octanol–water partition coefficient (Wildman–Crippen LogP) is 4.03. The van der Waals surface area contributed by atoms with Gasteiger partial charge in [0.05, 0.1) is 24.6 Å². The molecule has 1 fully saturated rings. The van der Waals surface area contributed by atoms with Crippen LogP contribution in [0.1, 0.15) is 33.6 Å². The second kappa shape index (κ2) is 10.0. The van der Waals surface area contributed by atoms with Gasteiger partial charge in [-0.15, -0.1) is 0 Å². The molecule has 0 aliphatic carbocycles. The number of furan rings is 1. The number of piperidine rings is 1. The van der Waals surface area contributed by atoms with Crippen molar-refractivity contribution >= 4 is 29.1 Å². The van der Waals surface area contributed by atoms with Gasteiger partial charge in [0.1, 0.15) is 12.0 Å². The number of ether oxygens (including phenoxy) is 1. The number of anilines is 2. The van der Waals surface area contributed by atoms with Crippen LogP contribution in [0.5, 0.6) is 5.75 Å². The maximum absolute atomic E-state index is 12.7. The number of para-hydroxylation sites is 2. The Morgan fingerprint density at radius 1 is 0.939 bits per heavy atom. The molecule has 33 heavy (non-hydrogen) atoms. The van der Waals surface area contributed by atoms with Gasteiger partial charge in [0.15, 0.2) is 0 Å². The molecule has 0 atom stereocenters. The van der Waals surface area contributed by atoms with Crippen molar-refractivity contribution in [1.29, 1.82) is 0 Å². The second-order valence-corrected chi connectivity index (χ2v) is 7.80. The number of hydrogen-bond acceptors (Lipinski definition) is 5. The highest BCUT2D eigenvalue weighted by molar-refractivity contribution is 6.05. The van der Waals surface area contributed by atoms with E-state index in [1.54, 1.807) is 54.5 Å². The van der Waals surface area contributed by atoms with Crippen LogP contribution in [-0.4, -0.2) is 42.8 Å². The first-order chi connectivity index (χ1) is 16.0. The lowest BCUT2D eigenvalue weighted by molar-refractivity contribution is -0.121. The van der Waals surface area contributed by atoms with E-state index in [2.05, 4.69) is 10.6 Å². The Kier molecular flexibility index (Phi) is 6.73. The zero-order chi connectivity index (χ0) is 23.2. The molecule has 2 N–H and O–H groups in total. The van der Waals surface area contributed by atoms with E-state index in [1.807, 2.05) is 12.1 Å². The van der Waals surface area contributed by atoms with Gasteiger partial charge in [0.2, 0.25) is 5.91 Å². The highest BCUT2D eigenvalue weighted by atomic mass is 16.5. The standard InChI is InChI=1S/C25H25N3O5/c1-32-22-5-3-2-4-21(22)27-24(30)17-6-8-20(9-7-17)26-23(29)18-10-13-28(14-11-18)25(31)19-12-15-33-16-19/h2-9,12,15-16,18H,10-11,13-14H2,1H3,(H,26,29)(H,27,30). The molecular formula is C25H25N3O5. The molecule has 2 heterocycles. The number of hydrogen-bond donors (Lipinski definition) is 2. The van der Waals surface area contributed by atoms with Crippen molar-refractivity contribution in [2.45, 2.75) is 12.8 Å². The van der Waals surface area contributed by atoms with Crippen LogP contribution in [0, 0.1) is 5.92 Å². The van der Waals surface area contributed by atoms with E-state index in [0.717, 1.165) is 0 Å². The van der Waals surface area contributed by atoms with E-state index in [-0.39, 0.29) is 23.6 Å². The Bertz CT molecular complexity index is 1120. The quantitative estimate of drug-likeness (QED) is 0.594. The average Bonchev–Trinajstić information content (AvgIpc) is 3.39. The van der Waals surface area contributed by atoms with Gasteiger partial charge < -0.3 is 24.7 Å². The van der Waals surface area contributed by atoms with Crippen molar-refractivity contribution in [3.05, 3.63) is 78.3 Å². The summed E-state index contributed by atoms with van der Waals surface area (Å²) in [5.41, 5.74) is 2.18. The van der Waals surface area contributed by atoms with E-state index in [1.165, 1.54) is 12.5 Å². The van der Waals surface area contributed by atoms with Crippen LogP contribution in [-0.2, 0) is 4.79 Å². The number of amides is 3. The van der Waals surface area contributed by atoms with Crippen LogP contribution in [0.4, 0.5) is 11.4 Å². The molecule has 3 amide bonds. The highest BCUT2D eigenvalue weighted by Crippen LogP contribution is 2.24. The van der Waals surface area contributed by atoms with Crippen LogP contribution in [0.15, 0.2) is 71.5 Å². The maximum atomic E-state index is 12.7. The molecule has 2 aromatic carbocycles. The first kappa shape index (κ1) is 22.1. The van der Waals surface area contributed by atoms with Crippen molar-refractivity contribution in [2.24, 2.45) is 5.92 Å². The van der Waals surface area contributed by atoms with E-state index in [9.17, 15) is 14.4 Å².